The summed E-state index contributed by atoms with van der Waals surface area (Å²) >= 11 is 0. The summed E-state index contributed by atoms with van der Waals surface area (Å²) in [5.41, 5.74) is 7.07. The minimum Gasteiger partial charge on any atom is -0.313 e. The third kappa shape index (κ3) is 3.95. The highest BCUT2D eigenvalue weighted by molar-refractivity contribution is 5.36. The molecule has 0 spiro atoms. The smallest absolute Gasteiger partial charge is 0.0361 e. The summed E-state index contributed by atoms with van der Waals surface area (Å²) in [7, 11) is 2.07. The lowest BCUT2D eigenvalue weighted by molar-refractivity contribution is 0.586. The molecule has 112 valence electrons. The van der Waals surface area contributed by atoms with E-state index in [2.05, 4.69) is 75.6 Å². The van der Waals surface area contributed by atoms with Crippen molar-refractivity contribution >= 4 is 0 Å². The molecule has 0 saturated carbocycles. The van der Waals surface area contributed by atoms with Crippen LogP contribution in [0.2, 0.25) is 0 Å². The Morgan fingerprint density at radius 3 is 2.38 bits per heavy atom. The Bertz CT molecular complexity index is 586. The molecular formula is C20H27N. The van der Waals surface area contributed by atoms with Crippen molar-refractivity contribution in [3.63, 3.8) is 0 Å². The summed E-state index contributed by atoms with van der Waals surface area (Å²) in [5.74, 6) is 0. The average Bonchev–Trinajstić information content (AvgIpc) is 2.52. The molecule has 1 N–H and O–H groups in total. The number of hydrogen-bond donors (Lipinski definition) is 1. The van der Waals surface area contributed by atoms with E-state index in [1.165, 1.54) is 27.8 Å². The highest BCUT2D eigenvalue weighted by Crippen LogP contribution is 2.24. The minimum atomic E-state index is 0.383. The molecule has 0 amide bonds. The molecule has 0 saturated heterocycles. The van der Waals surface area contributed by atoms with Crippen molar-refractivity contribution in [2.24, 2.45) is 0 Å². The van der Waals surface area contributed by atoms with Gasteiger partial charge in [-0.3, -0.25) is 0 Å². The quantitative estimate of drug-likeness (QED) is 0.814. The van der Waals surface area contributed by atoms with Gasteiger partial charge in [-0.05, 0) is 55.5 Å². The van der Waals surface area contributed by atoms with E-state index < -0.39 is 0 Å². The number of hydrogen-bond acceptors (Lipinski definition) is 1. The van der Waals surface area contributed by atoms with Crippen LogP contribution in [0.25, 0.3) is 0 Å². The van der Waals surface area contributed by atoms with E-state index in [0.717, 1.165) is 19.3 Å². The van der Waals surface area contributed by atoms with Crippen LogP contribution in [0.15, 0.2) is 42.5 Å². The van der Waals surface area contributed by atoms with Gasteiger partial charge in [0.15, 0.2) is 0 Å². The largest absolute Gasteiger partial charge is 0.313 e. The SMILES string of the molecule is CCc1ccc(CC)c(C(Cc2cccc(C)c2)NC)c1. The molecule has 1 atom stereocenters. The number of benzene rings is 2. The number of aryl methyl sites for hydroxylation is 3. The fourth-order valence-corrected chi connectivity index (χ4v) is 2.95. The molecule has 0 radical (unpaired) electrons. The monoisotopic (exact) mass is 281 g/mol. The van der Waals surface area contributed by atoms with Gasteiger partial charge in [0.25, 0.3) is 0 Å². The van der Waals surface area contributed by atoms with Crippen molar-refractivity contribution in [3.05, 3.63) is 70.3 Å². The van der Waals surface area contributed by atoms with Crippen molar-refractivity contribution in [1.29, 1.82) is 0 Å². The maximum atomic E-state index is 3.51. The third-order valence-corrected chi connectivity index (χ3v) is 4.25. The maximum absolute atomic E-state index is 3.51. The van der Waals surface area contributed by atoms with Gasteiger partial charge in [0.1, 0.15) is 0 Å². The van der Waals surface area contributed by atoms with Gasteiger partial charge >= 0.3 is 0 Å². The highest BCUT2D eigenvalue weighted by Gasteiger charge is 2.14. The normalized spacial score (nSPS) is 12.4. The molecule has 2 aromatic carbocycles. The fourth-order valence-electron chi connectivity index (χ4n) is 2.95. The average molecular weight is 281 g/mol. The van der Waals surface area contributed by atoms with E-state index in [4.69, 9.17) is 0 Å². The lowest BCUT2D eigenvalue weighted by atomic mass is 9.91. The molecule has 1 nitrogen and oxygen atoms in total. The molecule has 0 aromatic heterocycles. The highest BCUT2D eigenvalue weighted by atomic mass is 14.9. The van der Waals surface area contributed by atoms with Crippen LogP contribution >= 0.6 is 0 Å². The molecule has 1 unspecified atom stereocenters. The first kappa shape index (κ1) is 15.8. The Morgan fingerprint density at radius 2 is 1.76 bits per heavy atom. The van der Waals surface area contributed by atoms with E-state index in [0.29, 0.717) is 6.04 Å². The van der Waals surface area contributed by atoms with Gasteiger partial charge in [0, 0.05) is 6.04 Å². The summed E-state index contributed by atoms with van der Waals surface area (Å²) < 4.78 is 0. The Balaban J connectivity index is 2.32. The van der Waals surface area contributed by atoms with Gasteiger partial charge in [0.05, 0.1) is 0 Å². The molecule has 2 rings (SSSR count). The molecule has 0 heterocycles. The lowest BCUT2D eigenvalue weighted by Crippen LogP contribution is -2.20. The number of rotatable bonds is 6. The third-order valence-electron chi connectivity index (χ3n) is 4.25. The van der Waals surface area contributed by atoms with Gasteiger partial charge < -0.3 is 5.32 Å². The van der Waals surface area contributed by atoms with Crippen LogP contribution in [-0.4, -0.2) is 7.05 Å². The predicted octanol–water partition coefficient (Wildman–Crippen LogP) is 4.62. The lowest BCUT2D eigenvalue weighted by Gasteiger charge is -2.21. The standard InChI is InChI=1S/C20H27N/c1-5-16-10-11-18(6-2)19(13-16)20(21-4)14-17-9-7-8-15(3)12-17/h7-13,20-21H,5-6,14H2,1-4H3. The first-order chi connectivity index (χ1) is 10.2. The first-order valence-electron chi connectivity index (χ1n) is 8.02. The molecule has 0 fully saturated rings. The number of nitrogens with one attached hydrogen (secondary N) is 1. The predicted molar refractivity (Wildman–Crippen MR) is 91.9 cm³/mol. The molecule has 2 aromatic rings. The van der Waals surface area contributed by atoms with E-state index in [9.17, 15) is 0 Å². The zero-order chi connectivity index (χ0) is 15.2. The maximum Gasteiger partial charge on any atom is 0.0361 e. The minimum absolute atomic E-state index is 0.383. The summed E-state index contributed by atoms with van der Waals surface area (Å²) in [4.78, 5) is 0. The van der Waals surface area contributed by atoms with Crippen molar-refractivity contribution in [2.75, 3.05) is 7.05 Å². The van der Waals surface area contributed by atoms with E-state index in [1.807, 2.05) is 0 Å². The Kier molecular flexibility index (Phi) is 5.58. The molecule has 1 heteroatoms. The fraction of sp³-hybridized carbons (Fsp3) is 0.400. The van der Waals surface area contributed by atoms with E-state index in [-0.39, 0.29) is 0 Å². The van der Waals surface area contributed by atoms with Gasteiger partial charge in [-0.1, -0.05) is 61.9 Å². The van der Waals surface area contributed by atoms with E-state index >= 15 is 0 Å². The molecule has 21 heavy (non-hydrogen) atoms. The van der Waals surface area contributed by atoms with Gasteiger partial charge in [-0.25, -0.2) is 0 Å². The van der Waals surface area contributed by atoms with Gasteiger partial charge in [0.2, 0.25) is 0 Å². The molecular weight excluding hydrogens is 254 g/mol. The van der Waals surface area contributed by atoms with Crippen molar-refractivity contribution in [3.8, 4) is 0 Å². The Hall–Kier alpha value is -1.60. The van der Waals surface area contributed by atoms with Crippen LogP contribution in [0.3, 0.4) is 0 Å². The van der Waals surface area contributed by atoms with Crippen molar-refractivity contribution in [1.82, 2.24) is 5.32 Å². The van der Waals surface area contributed by atoms with Crippen molar-refractivity contribution < 1.29 is 0 Å². The summed E-state index contributed by atoms with van der Waals surface area (Å²) in [6.45, 7) is 6.62. The molecule has 0 aliphatic rings. The Labute approximate surface area is 129 Å². The van der Waals surface area contributed by atoms with Crippen LogP contribution in [-0.2, 0) is 19.3 Å². The van der Waals surface area contributed by atoms with Crippen LogP contribution in [0.1, 0.15) is 47.7 Å². The molecule has 0 bridgehead atoms. The van der Waals surface area contributed by atoms with Crippen LogP contribution < -0.4 is 5.32 Å². The van der Waals surface area contributed by atoms with Crippen molar-refractivity contribution in [2.45, 2.75) is 46.1 Å². The van der Waals surface area contributed by atoms with Gasteiger partial charge in [-0.15, -0.1) is 0 Å². The number of likely N-dealkylation sites (N-methyl/N-ethyl adjacent to an activating group) is 1. The molecule has 0 aliphatic heterocycles. The summed E-state index contributed by atoms with van der Waals surface area (Å²) in [6.07, 6.45) is 3.22. The zero-order valence-corrected chi connectivity index (χ0v) is 13.7. The summed E-state index contributed by atoms with van der Waals surface area (Å²) in [6, 6.07) is 16.2. The van der Waals surface area contributed by atoms with Crippen LogP contribution in [0.5, 0.6) is 0 Å². The Morgan fingerprint density at radius 1 is 0.952 bits per heavy atom. The molecule has 0 aliphatic carbocycles. The van der Waals surface area contributed by atoms with Crippen LogP contribution in [0, 0.1) is 6.92 Å². The second kappa shape index (κ2) is 7.42. The zero-order valence-electron chi connectivity index (χ0n) is 13.7. The topological polar surface area (TPSA) is 12.0 Å². The van der Waals surface area contributed by atoms with Gasteiger partial charge in [-0.2, -0.15) is 0 Å². The first-order valence-corrected chi connectivity index (χ1v) is 8.02. The van der Waals surface area contributed by atoms with Crippen LogP contribution in [0.4, 0.5) is 0 Å². The second-order valence-corrected chi connectivity index (χ2v) is 5.77. The second-order valence-electron chi connectivity index (χ2n) is 5.77. The summed E-state index contributed by atoms with van der Waals surface area (Å²) in [5, 5.41) is 3.51. The van der Waals surface area contributed by atoms with E-state index in [1.54, 1.807) is 0 Å².